The number of hydrogen-bond acceptors (Lipinski definition) is 2. The minimum absolute atomic E-state index is 0.587. The van der Waals surface area contributed by atoms with Gasteiger partial charge in [-0.05, 0) is 25.8 Å². The molecule has 1 rings (SSSR count). The highest BCUT2D eigenvalue weighted by molar-refractivity contribution is 5.79. The van der Waals surface area contributed by atoms with Crippen molar-refractivity contribution in [3.05, 3.63) is 0 Å². The van der Waals surface area contributed by atoms with Crippen molar-refractivity contribution in [1.29, 1.82) is 0 Å². The third-order valence-corrected chi connectivity index (χ3v) is 2.61. The van der Waals surface area contributed by atoms with Gasteiger partial charge in [0.25, 0.3) is 0 Å². The van der Waals surface area contributed by atoms with Crippen molar-refractivity contribution in [2.75, 3.05) is 6.54 Å². The standard InChI is InChI=1S/C9H17NO2/c1-2-3-5-9(8(11)12)6-4-7-10-9/h10H,2-7H2,1H3,(H,11,12)/t9-/m0/s1. The lowest BCUT2D eigenvalue weighted by atomic mass is 9.91. The zero-order valence-electron chi connectivity index (χ0n) is 7.60. The highest BCUT2D eigenvalue weighted by Crippen LogP contribution is 2.25. The Labute approximate surface area is 73.2 Å². The van der Waals surface area contributed by atoms with Gasteiger partial charge >= 0.3 is 5.97 Å². The molecule has 0 aromatic rings. The molecule has 1 atom stereocenters. The van der Waals surface area contributed by atoms with E-state index in [0.717, 1.165) is 38.6 Å². The fourth-order valence-electron chi connectivity index (χ4n) is 1.79. The summed E-state index contributed by atoms with van der Waals surface area (Å²) in [5, 5.41) is 12.1. The van der Waals surface area contributed by atoms with Gasteiger partial charge in [0, 0.05) is 0 Å². The van der Waals surface area contributed by atoms with Crippen LogP contribution in [0, 0.1) is 0 Å². The predicted octanol–water partition coefficient (Wildman–Crippen LogP) is 1.38. The molecule has 2 N–H and O–H groups in total. The van der Waals surface area contributed by atoms with Gasteiger partial charge in [0.15, 0.2) is 0 Å². The van der Waals surface area contributed by atoms with E-state index in [9.17, 15) is 4.79 Å². The summed E-state index contributed by atoms with van der Waals surface area (Å²) in [6.45, 7) is 2.94. The van der Waals surface area contributed by atoms with Crippen LogP contribution in [0.5, 0.6) is 0 Å². The van der Waals surface area contributed by atoms with Crippen molar-refractivity contribution < 1.29 is 9.90 Å². The SMILES string of the molecule is CCCC[C@@]1(C(=O)O)CCCN1. The van der Waals surface area contributed by atoms with E-state index in [1.54, 1.807) is 0 Å². The van der Waals surface area contributed by atoms with Gasteiger partial charge in [0.2, 0.25) is 0 Å². The molecule has 0 aromatic carbocycles. The quantitative estimate of drug-likeness (QED) is 0.672. The lowest BCUT2D eigenvalue weighted by Crippen LogP contribution is -2.47. The number of nitrogens with one attached hydrogen (secondary N) is 1. The Kier molecular flexibility index (Phi) is 3.09. The molecule has 0 saturated carbocycles. The summed E-state index contributed by atoms with van der Waals surface area (Å²) in [7, 11) is 0. The molecular weight excluding hydrogens is 154 g/mol. The minimum Gasteiger partial charge on any atom is -0.480 e. The Balaban J connectivity index is 2.53. The molecule has 1 fully saturated rings. The van der Waals surface area contributed by atoms with Crippen LogP contribution in [0.25, 0.3) is 0 Å². The van der Waals surface area contributed by atoms with E-state index < -0.39 is 11.5 Å². The van der Waals surface area contributed by atoms with Gasteiger partial charge in [0.1, 0.15) is 5.54 Å². The number of carboxylic acid groups (broad SMARTS) is 1. The zero-order chi connectivity index (χ0) is 9.03. The second kappa shape index (κ2) is 3.90. The van der Waals surface area contributed by atoms with E-state index in [1.807, 2.05) is 0 Å². The van der Waals surface area contributed by atoms with Crippen molar-refractivity contribution in [1.82, 2.24) is 5.32 Å². The molecule has 0 amide bonds. The van der Waals surface area contributed by atoms with Gasteiger partial charge in [-0.3, -0.25) is 4.79 Å². The second-order valence-corrected chi connectivity index (χ2v) is 3.52. The summed E-state index contributed by atoms with van der Waals surface area (Å²) < 4.78 is 0. The number of unbranched alkanes of at least 4 members (excludes halogenated alkanes) is 1. The van der Waals surface area contributed by atoms with E-state index in [2.05, 4.69) is 12.2 Å². The molecular formula is C9H17NO2. The highest BCUT2D eigenvalue weighted by Gasteiger charge is 2.39. The third kappa shape index (κ3) is 1.78. The summed E-state index contributed by atoms with van der Waals surface area (Å²) in [5.74, 6) is -0.673. The topological polar surface area (TPSA) is 49.3 Å². The van der Waals surface area contributed by atoms with Gasteiger partial charge in [0.05, 0.1) is 0 Å². The number of carboxylic acids is 1. The monoisotopic (exact) mass is 171 g/mol. The maximum atomic E-state index is 11.0. The van der Waals surface area contributed by atoms with E-state index >= 15 is 0 Å². The molecule has 1 heterocycles. The predicted molar refractivity (Wildman–Crippen MR) is 47.1 cm³/mol. The second-order valence-electron chi connectivity index (χ2n) is 3.52. The maximum Gasteiger partial charge on any atom is 0.323 e. The van der Waals surface area contributed by atoms with E-state index in [4.69, 9.17) is 5.11 Å². The van der Waals surface area contributed by atoms with Crippen LogP contribution < -0.4 is 5.32 Å². The molecule has 3 heteroatoms. The molecule has 0 radical (unpaired) electrons. The fraction of sp³-hybridized carbons (Fsp3) is 0.889. The first-order valence-electron chi connectivity index (χ1n) is 4.70. The van der Waals surface area contributed by atoms with Gasteiger partial charge in [-0.25, -0.2) is 0 Å². The van der Waals surface area contributed by atoms with Crippen molar-refractivity contribution in [3.8, 4) is 0 Å². The number of rotatable bonds is 4. The van der Waals surface area contributed by atoms with Crippen molar-refractivity contribution >= 4 is 5.97 Å². The molecule has 1 aliphatic rings. The summed E-state index contributed by atoms with van der Waals surface area (Å²) in [4.78, 5) is 11.0. The Morgan fingerprint density at radius 3 is 2.83 bits per heavy atom. The van der Waals surface area contributed by atoms with Gasteiger partial charge in [-0.15, -0.1) is 0 Å². The maximum absolute atomic E-state index is 11.0. The summed E-state index contributed by atoms with van der Waals surface area (Å²) in [6, 6.07) is 0. The van der Waals surface area contributed by atoms with E-state index in [-0.39, 0.29) is 0 Å². The van der Waals surface area contributed by atoms with Crippen LogP contribution in [0.1, 0.15) is 39.0 Å². The zero-order valence-corrected chi connectivity index (χ0v) is 7.60. The Bertz CT molecular complexity index is 162. The molecule has 0 spiro atoms. The Morgan fingerprint density at radius 2 is 2.42 bits per heavy atom. The highest BCUT2D eigenvalue weighted by atomic mass is 16.4. The van der Waals surface area contributed by atoms with Gasteiger partial charge in [-0.1, -0.05) is 19.8 Å². The lowest BCUT2D eigenvalue weighted by Gasteiger charge is -2.23. The average molecular weight is 171 g/mol. The number of carbonyl (C=O) groups is 1. The van der Waals surface area contributed by atoms with Crippen LogP contribution in [-0.4, -0.2) is 23.2 Å². The molecule has 12 heavy (non-hydrogen) atoms. The van der Waals surface area contributed by atoms with Crippen LogP contribution in [0.3, 0.4) is 0 Å². The molecule has 0 unspecified atom stereocenters. The summed E-state index contributed by atoms with van der Waals surface area (Å²) >= 11 is 0. The van der Waals surface area contributed by atoms with Crippen molar-refractivity contribution in [3.63, 3.8) is 0 Å². The molecule has 1 saturated heterocycles. The average Bonchev–Trinajstić information content (AvgIpc) is 2.50. The minimum atomic E-state index is -0.673. The van der Waals surface area contributed by atoms with Gasteiger partial charge < -0.3 is 10.4 Å². The first-order valence-corrected chi connectivity index (χ1v) is 4.70. The van der Waals surface area contributed by atoms with Crippen LogP contribution in [0.2, 0.25) is 0 Å². The molecule has 70 valence electrons. The van der Waals surface area contributed by atoms with Gasteiger partial charge in [-0.2, -0.15) is 0 Å². The molecule has 3 nitrogen and oxygen atoms in total. The van der Waals surface area contributed by atoms with E-state index in [1.165, 1.54) is 0 Å². The van der Waals surface area contributed by atoms with Crippen LogP contribution in [0.15, 0.2) is 0 Å². The fourth-order valence-corrected chi connectivity index (χ4v) is 1.79. The Morgan fingerprint density at radius 1 is 1.67 bits per heavy atom. The molecule has 1 aliphatic heterocycles. The van der Waals surface area contributed by atoms with Crippen molar-refractivity contribution in [2.45, 2.75) is 44.6 Å². The smallest absolute Gasteiger partial charge is 0.323 e. The first-order chi connectivity index (χ1) is 5.71. The van der Waals surface area contributed by atoms with Crippen LogP contribution in [0.4, 0.5) is 0 Å². The third-order valence-electron chi connectivity index (χ3n) is 2.61. The van der Waals surface area contributed by atoms with Crippen LogP contribution >= 0.6 is 0 Å². The van der Waals surface area contributed by atoms with Crippen LogP contribution in [-0.2, 0) is 4.79 Å². The molecule has 0 aromatic heterocycles. The summed E-state index contributed by atoms with van der Waals surface area (Å²) in [5.41, 5.74) is -0.587. The van der Waals surface area contributed by atoms with Crippen molar-refractivity contribution in [2.24, 2.45) is 0 Å². The Hall–Kier alpha value is -0.570. The normalized spacial score (nSPS) is 29.1. The lowest BCUT2D eigenvalue weighted by molar-refractivity contribution is -0.144. The number of aliphatic carboxylic acids is 1. The number of hydrogen-bond donors (Lipinski definition) is 2. The largest absolute Gasteiger partial charge is 0.480 e. The summed E-state index contributed by atoms with van der Waals surface area (Å²) in [6.07, 6.45) is 4.63. The molecule has 0 aliphatic carbocycles. The molecule has 0 bridgehead atoms. The van der Waals surface area contributed by atoms with E-state index in [0.29, 0.717) is 0 Å². The first kappa shape index (κ1) is 9.52.